The van der Waals surface area contributed by atoms with Gasteiger partial charge in [-0.15, -0.1) is 40.3 Å². The van der Waals surface area contributed by atoms with E-state index in [0.717, 1.165) is 11.3 Å². The van der Waals surface area contributed by atoms with Gasteiger partial charge < -0.3 is 0 Å². The zero-order chi connectivity index (χ0) is 22.3. The molecule has 0 aromatic heterocycles. The second-order valence-electron chi connectivity index (χ2n) is 8.13. The van der Waals surface area contributed by atoms with Crippen molar-refractivity contribution in [1.82, 2.24) is 0 Å². The molecule has 3 aromatic carbocycles. The van der Waals surface area contributed by atoms with Crippen LogP contribution in [0, 0.1) is 34.6 Å². The second-order valence-corrected chi connectivity index (χ2v) is 14.1. The topological polar surface area (TPSA) is 0 Å². The van der Waals surface area contributed by atoms with Crippen molar-refractivity contribution in [3.05, 3.63) is 64.2 Å². The predicted molar refractivity (Wildman–Crippen MR) is 134 cm³/mol. The summed E-state index contributed by atoms with van der Waals surface area (Å²) in [5.41, 5.74) is 8.88. The Balaban J connectivity index is 0.000000277. The molecule has 0 saturated carbocycles. The number of benzene rings is 1. The van der Waals surface area contributed by atoms with Crippen LogP contribution in [0.1, 0.15) is 55.5 Å². The second kappa shape index (κ2) is 12.7. The van der Waals surface area contributed by atoms with Crippen molar-refractivity contribution in [2.75, 3.05) is 0 Å². The van der Waals surface area contributed by atoms with Crippen molar-refractivity contribution in [2.24, 2.45) is 0 Å². The zero-order valence-corrected chi connectivity index (χ0v) is 23.3. The van der Waals surface area contributed by atoms with E-state index in [1.807, 2.05) is 0 Å². The fourth-order valence-electron chi connectivity index (χ4n) is 3.88. The van der Waals surface area contributed by atoms with Gasteiger partial charge in [-0.05, 0) is 11.3 Å². The number of halogens is 2. The molecule has 0 N–H and O–H groups in total. The predicted octanol–water partition coefficient (Wildman–Crippen LogP) is 8.81. The van der Waals surface area contributed by atoms with E-state index in [9.17, 15) is 0 Å². The van der Waals surface area contributed by atoms with Crippen LogP contribution in [0.4, 0.5) is 0 Å². The van der Waals surface area contributed by atoms with Crippen molar-refractivity contribution in [1.29, 1.82) is 0 Å². The first kappa shape index (κ1) is 26.9. The van der Waals surface area contributed by atoms with Gasteiger partial charge in [0.05, 0.1) is 0 Å². The Bertz CT molecular complexity index is 768. The van der Waals surface area contributed by atoms with Gasteiger partial charge >= 0.3 is 35.6 Å². The third-order valence-electron chi connectivity index (χ3n) is 5.83. The molecule has 0 unspecified atom stereocenters. The average molecular weight is 485 g/mol. The number of rotatable bonds is 3. The van der Waals surface area contributed by atoms with Crippen molar-refractivity contribution in [3.63, 3.8) is 0 Å². The molecule has 0 amide bonds. The summed E-state index contributed by atoms with van der Waals surface area (Å²) < 4.78 is 0. The summed E-state index contributed by atoms with van der Waals surface area (Å²) in [6.45, 7) is 20.4. The first-order valence-electron chi connectivity index (χ1n) is 10.2. The zero-order valence-electron chi connectivity index (χ0n) is 19.3. The van der Waals surface area contributed by atoms with E-state index in [0.29, 0.717) is 0 Å². The summed E-state index contributed by atoms with van der Waals surface area (Å²) in [6, 6.07) is 13.5. The molecule has 0 aliphatic carbocycles. The van der Waals surface area contributed by atoms with E-state index >= 15 is 0 Å². The van der Waals surface area contributed by atoms with Gasteiger partial charge in [0.25, 0.3) is 0 Å². The van der Waals surface area contributed by atoms with Gasteiger partial charge in [0.2, 0.25) is 0 Å². The van der Waals surface area contributed by atoms with Crippen LogP contribution in [0.2, 0.25) is 0 Å². The molecule has 0 saturated heterocycles. The molecule has 0 atom stereocenters. The number of hydrogen-bond donors (Lipinski definition) is 0. The molecule has 3 aromatic rings. The van der Waals surface area contributed by atoms with E-state index in [2.05, 4.69) is 98.7 Å². The summed E-state index contributed by atoms with van der Waals surface area (Å²) in [7, 11) is 9.76. The molecule has 29 heavy (non-hydrogen) atoms. The monoisotopic (exact) mass is 484 g/mol. The van der Waals surface area contributed by atoms with Gasteiger partial charge in [0.1, 0.15) is 0 Å². The van der Waals surface area contributed by atoms with E-state index in [-0.39, 0.29) is 7.92 Å². The summed E-state index contributed by atoms with van der Waals surface area (Å²) in [6.07, 6.45) is 0. The molecule has 0 nitrogen and oxygen atoms in total. The first-order chi connectivity index (χ1) is 13.6. The van der Waals surface area contributed by atoms with Gasteiger partial charge in [-0.3, -0.25) is 0 Å². The maximum absolute atomic E-state index is 4.89. The van der Waals surface area contributed by atoms with Crippen LogP contribution in [0.3, 0.4) is 0 Å². The molecule has 0 aliphatic rings. The third-order valence-corrected chi connectivity index (χ3v) is 8.91. The van der Waals surface area contributed by atoms with Gasteiger partial charge in [-0.25, -0.2) is 0 Å². The SMILES string of the molecule is CC(C)P(c1cc2ccccc2[cH-]1)C(C)C.Cc1c(C)c(C)[c-](C)c1C.[Cl][Ti][Cl]. The minimum absolute atomic E-state index is 0.0206. The normalized spacial score (nSPS) is 10.8. The summed E-state index contributed by atoms with van der Waals surface area (Å²) >= 11 is -0.556. The Morgan fingerprint density at radius 2 is 1.34 bits per heavy atom. The number of fused-ring (bicyclic) bond motifs is 1. The van der Waals surface area contributed by atoms with Crippen molar-refractivity contribution < 1.29 is 17.0 Å². The molecule has 0 radical (unpaired) electrons. The molecule has 3 rings (SSSR count). The Kier molecular flexibility index (Phi) is 11.8. The molecule has 0 heterocycles. The molecule has 4 heteroatoms. The van der Waals surface area contributed by atoms with Gasteiger partial charge in [0, 0.05) is 0 Å². The molecular formula is C25H35Cl2PTi-2. The first-order valence-corrected chi connectivity index (χ1v) is 15.9. The van der Waals surface area contributed by atoms with Crippen molar-refractivity contribution in [3.8, 4) is 0 Å². The van der Waals surface area contributed by atoms with Crippen LogP contribution in [-0.4, -0.2) is 11.3 Å². The van der Waals surface area contributed by atoms with Crippen LogP contribution in [0.25, 0.3) is 10.8 Å². The summed E-state index contributed by atoms with van der Waals surface area (Å²) in [4.78, 5) is 0. The molecular weight excluding hydrogens is 450 g/mol. The molecule has 0 fully saturated rings. The standard InChI is InChI=1S/C15H20P.C10H15.2ClH.Ti/c1-11(2)16(12(3)4)15-9-13-7-5-6-8-14(13)10-15;1-6-7(2)9(4)10(5)8(6)3;;;/h5-12H,1-4H3;1-5H3;2*1H;/q2*-1;;;+2/p-2. The third kappa shape index (κ3) is 7.23. The Labute approximate surface area is 196 Å². The van der Waals surface area contributed by atoms with Crippen LogP contribution < -0.4 is 5.30 Å². The summed E-state index contributed by atoms with van der Waals surface area (Å²) in [5.74, 6) is 0. The Morgan fingerprint density at radius 3 is 1.69 bits per heavy atom. The number of hydrogen-bond acceptors (Lipinski definition) is 0. The average Bonchev–Trinajstić information content (AvgIpc) is 3.14. The van der Waals surface area contributed by atoms with E-state index in [4.69, 9.17) is 18.6 Å². The van der Waals surface area contributed by atoms with Gasteiger partial charge in [0.15, 0.2) is 0 Å². The minimum atomic E-state index is -0.556. The van der Waals surface area contributed by atoms with Crippen LogP contribution >= 0.6 is 26.5 Å². The fraction of sp³-hybridized carbons (Fsp3) is 0.440. The van der Waals surface area contributed by atoms with Crippen LogP contribution in [-0.2, 0) is 17.0 Å². The van der Waals surface area contributed by atoms with Crippen molar-refractivity contribution >= 4 is 42.6 Å². The summed E-state index contributed by atoms with van der Waals surface area (Å²) in [5, 5.41) is 4.36. The Morgan fingerprint density at radius 1 is 0.897 bits per heavy atom. The fourth-order valence-corrected chi connectivity index (χ4v) is 6.84. The Hall–Kier alpha value is -0.0957. The van der Waals surface area contributed by atoms with E-state index in [1.165, 1.54) is 38.6 Å². The van der Waals surface area contributed by atoms with Gasteiger partial charge in [-0.2, -0.15) is 33.9 Å². The molecule has 0 spiro atoms. The maximum atomic E-state index is 4.89. The van der Waals surface area contributed by atoms with Crippen molar-refractivity contribution in [2.45, 2.75) is 73.6 Å². The quantitative estimate of drug-likeness (QED) is 0.198. The van der Waals surface area contributed by atoms with Gasteiger partial charge in [-0.1, -0.05) is 76.3 Å². The van der Waals surface area contributed by atoms with Crippen LogP contribution in [0.5, 0.6) is 0 Å². The molecule has 0 aliphatic heterocycles. The van der Waals surface area contributed by atoms with Crippen LogP contribution in [0.15, 0.2) is 36.4 Å². The molecule has 160 valence electrons. The molecule has 0 bridgehead atoms. The van der Waals surface area contributed by atoms with E-state index < -0.39 is 17.0 Å². The van der Waals surface area contributed by atoms with E-state index in [1.54, 1.807) is 5.30 Å².